The monoisotopic (exact) mass is 413 g/mol. The van der Waals surface area contributed by atoms with Gasteiger partial charge in [0, 0.05) is 26.3 Å². The van der Waals surface area contributed by atoms with Crippen LogP contribution in [-0.4, -0.2) is 55.3 Å². The topological polar surface area (TPSA) is 96.0 Å². The van der Waals surface area contributed by atoms with E-state index in [0.29, 0.717) is 19.4 Å². The van der Waals surface area contributed by atoms with Crippen LogP contribution in [0.5, 0.6) is 0 Å². The molecule has 1 aliphatic carbocycles. The maximum atomic E-state index is 12.5. The zero-order chi connectivity index (χ0) is 21.8. The number of hydrogen-bond acceptors (Lipinski definition) is 6. The first-order valence-electron chi connectivity index (χ1n) is 10.0. The molecule has 0 saturated carbocycles. The van der Waals surface area contributed by atoms with Crippen LogP contribution in [0.25, 0.3) is 0 Å². The summed E-state index contributed by atoms with van der Waals surface area (Å²) in [6, 6.07) is 6.65. The molecule has 0 bridgehead atoms. The van der Waals surface area contributed by atoms with Gasteiger partial charge in [0.1, 0.15) is 6.04 Å². The lowest BCUT2D eigenvalue weighted by molar-refractivity contribution is -0.159. The molecule has 2 aliphatic rings. The number of allylic oxidation sites excluding steroid dienone is 2. The lowest BCUT2D eigenvalue weighted by atomic mass is 9.85. The van der Waals surface area contributed by atoms with E-state index in [4.69, 9.17) is 4.74 Å². The number of benzene rings is 1. The van der Waals surface area contributed by atoms with Crippen molar-refractivity contribution >= 4 is 29.4 Å². The number of anilines is 1. The molecular formula is C22H27N3O5. The van der Waals surface area contributed by atoms with Gasteiger partial charge in [-0.15, -0.1) is 0 Å². The molecular weight excluding hydrogens is 386 g/mol. The summed E-state index contributed by atoms with van der Waals surface area (Å²) in [5.74, 6) is -2.72. The van der Waals surface area contributed by atoms with E-state index < -0.39 is 36.4 Å². The van der Waals surface area contributed by atoms with Gasteiger partial charge in [-0.2, -0.15) is 0 Å². The molecule has 8 heteroatoms. The lowest BCUT2D eigenvalue weighted by Gasteiger charge is -2.21. The molecule has 3 amide bonds. The molecule has 0 unspecified atom stereocenters. The fraction of sp³-hybridized carbons (Fsp3) is 0.455. The number of fused-ring (bicyclic) bond motifs is 1. The third-order valence-corrected chi connectivity index (χ3v) is 5.56. The maximum absolute atomic E-state index is 12.5. The van der Waals surface area contributed by atoms with E-state index >= 15 is 0 Å². The van der Waals surface area contributed by atoms with Gasteiger partial charge in [-0.05, 0) is 37.5 Å². The van der Waals surface area contributed by atoms with Gasteiger partial charge < -0.3 is 15.0 Å². The second-order valence-corrected chi connectivity index (χ2v) is 7.82. The Hall–Kier alpha value is -3.16. The quantitative estimate of drug-likeness (QED) is 0.411. The van der Waals surface area contributed by atoms with Crippen molar-refractivity contribution in [3.8, 4) is 0 Å². The number of imide groups is 1. The Morgan fingerprint density at radius 2 is 1.67 bits per heavy atom. The molecule has 8 nitrogen and oxygen atoms in total. The molecule has 3 atom stereocenters. The first kappa shape index (κ1) is 21.5. The van der Waals surface area contributed by atoms with Crippen LogP contribution in [0.2, 0.25) is 0 Å². The van der Waals surface area contributed by atoms with E-state index in [0.717, 1.165) is 16.2 Å². The molecule has 160 valence electrons. The SMILES string of the molecule is C[C@@H](C(=O)OCC(=O)NCc1ccc(N(C)C)cc1)N1C(=O)[C@H]2CC=CC[C@H]2C1=O. The third kappa shape index (κ3) is 4.53. The van der Waals surface area contributed by atoms with Gasteiger partial charge in [-0.25, -0.2) is 4.79 Å². The predicted octanol–water partition coefficient (Wildman–Crippen LogP) is 1.25. The number of hydrogen-bond donors (Lipinski definition) is 1. The molecule has 1 fully saturated rings. The van der Waals surface area contributed by atoms with E-state index in [1.165, 1.54) is 6.92 Å². The number of esters is 1. The minimum atomic E-state index is -1.05. The Morgan fingerprint density at radius 3 is 2.20 bits per heavy atom. The number of amides is 3. The van der Waals surface area contributed by atoms with Gasteiger partial charge in [0.15, 0.2) is 6.61 Å². The van der Waals surface area contributed by atoms with Gasteiger partial charge in [-0.3, -0.25) is 19.3 Å². The summed E-state index contributed by atoms with van der Waals surface area (Å²) in [6.45, 7) is 1.29. The molecule has 1 aliphatic heterocycles. The Morgan fingerprint density at radius 1 is 1.10 bits per heavy atom. The number of carbonyl (C=O) groups is 4. The average Bonchev–Trinajstić information content (AvgIpc) is 3.00. The van der Waals surface area contributed by atoms with Crippen LogP contribution in [-0.2, 0) is 30.5 Å². The molecule has 0 radical (unpaired) electrons. The van der Waals surface area contributed by atoms with Crippen LogP contribution < -0.4 is 10.2 Å². The van der Waals surface area contributed by atoms with Gasteiger partial charge >= 0.3 is 5.97 Å². The second kappa shape index (κ2) is 9.11. The van der Waals surface area contributed by atoms with Gasteiger partial charge in [-0.1, -0.05) is 24.3 Å². The van der Waals surface area contributed by atoms with Crippen LogP contribution in [0.4, 0.5) is 5.69 Å². The van der Waals surface area contributed by atoms with Crippen LogP contribution >= 0.6 is 0 Å². The van der Waals surface area contributed by atoms with Gasteiger partial charge in [0.25, 0.3) is 5.91 Å². The van der Waals surface area contributed by atoms with Gasteiger partial charge in [0.05, 0.1) is 11.8 Å². The molecule has 1 saturated heterocycles. The fourth-order valence-corrected chi connectivity index (χ4v) is 3.73. The highest BCUT2D eigenvalue weighted by molar-refractivity contribution is 6.08. The highest BCUT2D eigenvalue weighted by Gasteiger charge is 2.50. The van der Waals surface area contributed by atoms with Crippen molar-refractivity contribution in [1.82, 2.24) is 10.2 Å². The molecule has 0 aromatic heterocycles. The summed E-state index contributed by atoms with van der Waals surface area (Å²) in [4.78, 5) is 52.4. The molecule has 30 heavy (non-hydrogen) atoms. The summed E-state index contributed by atoms with van der Waals surface area (Å²) in [5.41, 5.74) is 1.97. The number of likely N-dealkylation sites (tertiary alicyclic amines) is 1. The Balaban J connectivity index is 1.47. The number of ether oxygens (including phenoxy) is 1. The van der Waals surface area contributed by atoms with Crippen molar-refractivity contribution in [2.45, 2.75) is 32.4 Å². The summed E-state index contributed by atoms with van der Waals surface area (Å²) in [5, 5.41) is 2.68. The van der Waals surface area contributed by atoms with Crippen LogP contribution in [0, 0.1) is 11.8 Å². The van der Waals surface area contributed by atoms with Crippen molar-refractivity contribution in [3.05, 3.63) is 42.0 Å². The lowest BCUT2D eigenvalue weighted by Crippen LogP contribution is -2.45. The number of rotatable bonds is 7. The zero-order valence-corrected chi connectivity index (χ0v) is 17.5. The first-order chi connectivity index (χ1) is 14.3. The van der Waals surface area contributed by atoms with Crippen LogP contribution in [0.15, 0.2) is 36.4 Å². The van der Waals surface area contributed by atoms with Crippen molar-refractivity contribution in [1.29, 1.82) is 0 Å². The standard InChI is InChI=1S/C22H27N3O5/c1-14(25-20(27)17-6-4-5-7-18(17)21(25)28)22(29)30-13-19(26)23-12-15-8-10-16(11-9-15)24(2)3/h4-5,8-11,14,17-18H,6-7,12-13H2,1-3H3,(H,23,26)/t14-,17-,18+/m0/s1. The van der Waals surface area contributed by atoms with Crippen molar-refractivity contribution in [2.75, 3.05) is 25.6 Å². The average molecular weight is 413 g/mol. The summed E-state index contributed by atoms with van der Waals surface area (Å²) in [6.07, 6.45) is 4.78. The maximum Gasteiger partial charge on any atom is 0.329 e. The van der Waals surface area contributed by atoms with Crippen LogP contribution in [0.1, 0.15) is 25.3 Å². The number of nitrogens with one attached hydrogen (secondary N) is 1. The molecule has 1 N–H and O–H groups in total. The van der Waals surface area contributed by atoms with E-state index in [2.05, 4.69) is 5.32 Å². The Kier molecular flexibility index (Phi) is 6.54. The predicted molar refractivity (Wildman–Crippen MR) is 110 cm³/mol. The van der Waals surface area contributed by atoms with E-state index in [1.54, 1.807) is 0 Å². The van der Waals surface area contributed by atoms with E-state index in [1.807, 2.05) is 55.4 Å². The normalized spacial score (nSPS) is 21.2. The van der Waals surface area contributed by atoms with E-state index in [9.17, 15) is 19.2 Å². The Bertz CT molecular complexity index is 836. The minimum Gasteiger partial charge on any atom is -0.454 e. The molecule has 0 spiro atoms. The summed E-state index contributed by atoms with van der Waals surface area (Å²) >= 11 is 0. The zero-order valence-electron chi connectivity index (χ0n) is 17.5. The van der Waals surface area contributed by atoms with Crippen molar-refractivity contribution in [3.63, 3.8) is 0 Å². The fourth-order valence-electron chi connectivity index (χ4n) is 3.73. The summed E-state index contributed by atoms with van der Waals surface area (Å²) < 4.78 is 5.05. The largest absolute Gasteiger partial charge is 0.454 e. The Labute approximate surface area is 175 Å². The van der Waals surface area contributed by atoms with Crippen molar-refractivity contribution < 1.29 is 23.9 Å². The molecule has 3 rings (SSSR count). The number of carbonyl (C=O) groups excluding carboxylic acids is 4. The smallest absolute Gasteiger partial charge is 0.329 e. The van der Waals surface area contributed by atoms with Crippen LogP contribution in [0.3, 0.4) is 0 Å². The molecule has 1 heterocycles. The number of nitrogens with zero attached hydrogens (tertiary/aromatic N) is 2. The highest BCUT2D eigenvalue weighted by Crippen LogP contribution is 2.36. The minimum absolute atomic E-state index is 0.305. The highest BCUT2D eigenvalue weighted by atomic mass is 16.5. The third-order valence-electron chi connectivity index (χ3n) is 5.56. The van der Waals surface area contributed by atoms with Gasteiger partial charge in [0.2, 0.25) is 11.8 Å². The van der Waals surface area contributed by atoms with Crippen molar-refractivity contribution in [2.24, 2.45) is 11.8 Å². The summed E-state index contributed by atoms with van der Waals surface area (Å²) in [7, 11) is 3.89. The molecule has 1 aromatic carbocycles. The second-order valence-electron chi connectivity index (χ2n) is 7.82. The molecule has 1 aromatic rings. The first-order valence-corrected chi connectivity index (χ1v) is 10.0. The van der Waals surface area contributed by atoms with E-state index in [-0.39, 0.29) is 11.8 Å².